The monoisotopic (exact) mass is 290 g/mol. The minimum atomic E-state index is 0.394. The molecule has 3 N–H and O–H groups in total. The first kappa shape index (κ1) is 14.3. The molecule has 0 saturated carbocycles. The van der Waals surface area contributed by atoms with Gasteiger partial charge in [0.05, 0.1) is 17.8 Å². The second kappa shape index (κ2) is 6.91. The summed E-state index contributed by atoms with van der Waals surface area (Å²) in [4.78, 5) is 8.67. The predicted octanol–water partition coefficient (Wildman–Crippen LogP) is 2.43. The van der Waals surface area contributed by atoms with E-state index >= 15 is 0 Å². The van der Waals surface area contributed by atoms with Gasteiger partial charge in [-0.25, -0.2) is 4.98 Å². The van der Waals surface area contributed by atoms with E-state index in [0.717, 1.165) is 28.6 Å². The number of rotatable bonds is 5. The molecule has 20 heavy (non-hydrogen) atoms. The number of methoxy groups -OCH3 is 1. The van der Waals surface area contributed by atoms with Crippen LogP contribution in [0.2, 0.25) is 0 Å². The number of aromatic nitrogens is 1. The molecule has 2 aromatic rings. The molecular weight excluding hydrogens is 272 g/mol. The maximum atomic E-state index is 5.85. The minimum absolute atomic E-state index is 0.394. The van der Waals surface area contributed by atoms with E-state index in [1.807, 2.05) is 31.2 Å². The highest BCUT2D eigenvalue weighted by atomic mass is 32.1. The molecular formula is C14H18N4OS. The Bertz CT molecular complexity index is 594. The molecule has 5 nitrogen and oxygen atoms in total. The number of guanidine groups is 1. The van der Waals surface area contributed by atoms with Gasteiger partial charge in [0.15, 0.2) is 5.96 Å². The van der Waals surface area contributed by atoms with E-state index in [0.29, 0.717) is 12.5 Å². The molecule has 0 aliphatic rings. The van der Waals surface area contributed by atoms with Gasteiger partial charge in [0, 0.05) is 30.1 Å². The number of thiazole rings is 1. The third kappa shape index (κ3) is 4.24. The van der Waals surface area contributed by atoms with Gasteiger partial charge >= 0.3 is 0 Å². The number of anilines is 1. The van der Waals surface area contributed by atoms with Crippen molar-refractivity contribution < 1.29 is 4.74 Å². The Hall–Kier alpha value is -2.08. The first-order valence-electron chi connectivity index (χ1n) is 6.29. The van der Waals surface area contributed by atoms with Gasteiger partial charge < -0.3 is 15.8 Å². The van der Waals surface area contributed by atoms with Crippen LogP contribution in [0, 0.1) is 6.92 Å². The maximum absolute atomic E-state index is 5.85. The second-order valence-electron chi connectivity index (χ2n) is 4.23. The summed E-state index contributed by atoms with van der Waals surface area (Å²) in [6.45, 7) is 2.61. The summed E-state index contributed by atoms with van der Waals surface area (Å²) in [5, 5.41) is 6.17. The number of benzene rings is 1. The van der Waals surface area contributed by atoms with Crippen LogP contribution in [0.15, 0.2) is 34.6 Å². The van der Waals surface area contributed by atoms with Gasteiger partial charge in [-0.15, -0.1) is 11.3 Å². The van der Waals surface area contributed by atoms with Gasteiger partial charge in [0.2, 0.25) is 0 Å². The van der Waals surface area contributed by atoms with Crippen molar-refractivity contribution in [3.8, 4) is 5.75 Å². The highest BCUT2D eigenvalue weighted by Crippen LogP contribution is 2.16. The van der Waals surface area contributed by atoms with Crippen LogP contribution < -0.4 is 15.8 Å². The fourth-order valence-electron chi connectivity index (χ4n) is 1.70. The fraction of sp³-hybridized carbons (Fsp3) is 0.286. The number of ether oxygens (including phenoxy) is 1. The van der Waals surface area contributed by atoms with E-state index in [-0.39, 0.29) is 0 Å². The molecule has 0 spiro atoms. The molecule has 2 rings (SSSR count). The number of hydrogen-bond acceptors (Lipinski definition) is 4. The Morgan fingerprint density at radius 3 is 3.05 bits per heavy atom. The van der Waals surface area contributed by atoms with Crippen molar-refractivity contribution in [3.63, 3.8) is 0 Å². The van der Waals surface area contributed by atoms with E-state index in [4.69, 9.17) is 10.5 Å². The minimum Gasteiger partial charge on any atom is -0.497 e. The van der Waals surface area contributed by atoms with Gasteiger partial charge in [-0.1, -0.05) is 6.07 Å². The van der Waals surface area contributed by atoms with Crippen molar-refractivity contribution in [2.24, 2.45) is 10.7 Å². The average molecular weight is 290 g/mol. The molecule has 0 bridgehead atoms. The number of nitrogens with two attached hydrogens (primary N) is 1. The maximum Gasteiger partial charge on any atom is 0.193 e. The van der Waals surface area contributed by atoms with Crippen LogP contribution in [-0.4, -0.2) is 24.6 Å². The topological polar surface area (TPSA) is 72.5 Å². The second-order valence-corrected chi connectivity index (χ2v) is 5.29. The fourth-order valence-corrected chi connectivity index (χ4v) is 2.35. The molecule has 0 radical (unpaired) electrons. The smallest absolute Gasteiger partial charge is 0.193 e. The average Bonchev–Trinajstić information content (AvgIpc) is 2.84. The molecule has 0 aliphatic carbocycles. The van der Waals surface area contributed by atoms with Crippen LogP contribution in [-0.2, 0) is 6.42 Å². The largest absolute Gasteiger partial charge is 0.497 e. The normalized spacial score (nSPS) is 11.4. The summed E-state index contributed by atoms with van der Waals surface area (Å²) in [6, 6.07) is 7.55. The molecule has 106 valence electrons. The Morgan fingerprint density at radius 2 is 2.35 bits per heavy atom. The lowest BCUT2D eigenvalue weighted by molar-refractivity contribution is 0.415. The Morgan fingerprint density at radius 1 is 1.50 bits per heavy atom. The molecule has 0 fully saturated rings. The Kier molecular flexibility index (Phi) is 4.95. The molecule has 0 amide bonds. The van der Waals surface area contributed by atoms with Gasteiger partial charge in [0.1, 0.15) is 5.75 Å². The van der Waals surface area contributed by atoms with Gasteiger partial charge in [-0.05, 0) is 19.1 Å². The van der Waals surface area contributed by atoms with Crippen LogP contribution >= 0.6 is 11.3 Å². The number of aryl methyl sites for hydroxylation is 1. The van der Waals surface area contributed by atoms with Crippen molar-refractivity contribution in [1.29, 1.82) is 0 Å². The Balaban J connectivity index is 1.87. The van der Waals surface area contributed by atoms with Gasteiger partial charge in [0.25, 0.3) is 0 Å². The summed E-state index contributed by atoms with van der Waals surface area (Å²) < 4.78 is 5.15. The third-order valence-corrected chi connectivity index (χ3v) is 3.48. The first-order chi connectivity index (χ1) is 9.67. The molecule has 0 aliphatic heterocycles. The number of aliphatic imine (C=N–C) groups is 1. The zero-order valence-electron chi connectivity index (χ0n) is 11.6. The van der Waals surface area contributed by atoms with Crippen molar-refractivity contribution in [1.82, 2.24) is 4.98 Å². The molecule has 0 saturated heterocycles. The van der Waals surface area contributed by atoms with Gasteiger partial charge in [-0.3, -0.25) is 4.99 Å². The molecule has 1 aromatic heterocycles. The highest BCUT2D eigenvalue weighted by molar-refractivity contribution is 7.09. The van der Waals surface area contributed by atoms with Crippen molar-refractivity contribution in [2.45, 2.75) is 13.3 Å². The van der Waals surface area contributed by atoms with Crippen LogP contribution in [0.25, 0.3) is 0 Å². The highest BCUT2D eigenvalue weighted by Gasteiger charge is 1.99. The lowest BCUT2D eigenvalue weighted by Crippen LogP contribution is -2.23. The van der Waals surface area contributed by atoms with Crippen LogP contribution in [0.1, 0.15) is 10.7 Å². The quantitative estimate of drug-likeness (QED) is 0.655. The number of nitrogens with one attached hydrogen (secondary N) is 1. The zero-order valence-corrected chi connectivity index (χ0v) is 12.4. The van der Waals surface area contributed by atoms with E-state index in [1.165, 1.54) is 0 Å². The summed E-state index contributed by atoms with van der Waals surface area (Å²) in [6.07, 6.45) is 0.796. The van der Waals surface area contributed by atoms with E-state index < -0.39 is 0 Å². The summed E-state index contributed by atoms with van der Waals surface area (Å²) >= 11 is 1.65. The Labute approximate surface area is 122 Å². The first-order valence-corrected chi connectivity index (χ1v) is 7.17. The van der Waals surface area contributed by atoms with E-state index in [9.17, 15) is 0 Å². The van der Waals surface area contributed by atoms with Crippen LogP contribution in [0.5, 0.6) is 5.75 Å². The predicted molar refractivity (Wildman–Crippen MR) is 83.7 cm³/mol. The molecule has 0 unspecified atom stereocenters. The van der Waals surface area contributed by atoms with Crippen molar-refractivity contribution in [3.05, 3.63) is 40.3 Å². The van der Waals surface area contributed by atoms with E-state index in [2.05, 4.69) is 20.7 Å². The molecule has 0 atom stereocenters. The third-order valence-electron chi connectivity index (χ3n) is 2.66. The zero-order chi connectivity index (χ0) is 14.4. The van der Waals surface area contributed by atoms with E-state index in [1.54, 1.807) is 18.4 Å². The SMILES string of the molecule is COc1cccc(NC(N)=NCCc2csc(C)n2)c1. The summed E-state index contributed by atoms with van der Waals surface area (Å²) in [7, 11) is 1.63. The summed E-state index contributed by atoms with van der Waals surface area (Å²) in [5.74, 6) is 1.17. The standard InChI is InChI=1S/C14H18N4OS/c1-10-17-12(9-20-10)6-7-16-14(15)18-11-4-3-5-13(8-11)19-2/h3-5,8-9H,6-7H2,1-2H3,(H3,15,16,18). The number of hydrogen-bond donors (Lipinski definition) is 2. The number of nitrogens with zero attached hydrogens (tertiary/aromatic N) is 2. The van der Waals surface area contributed by atoms with Crippen LogP contribution in [0.3, 0.4) is 0 Å². The molecule has 1 aromatic carbocycles. The lowest BCUT2D eigenvalue weighted by atomic mass is 10.3. The molecule has 6 heteroatoms. The van der Waals surface area contributed by atoms with Crippen LogP contribution in [0.4, 0.5) is 5.69 Å². The summed E-state index contributed by atoms with van der Waals surface area (Å²) in [5.41, 5.74) is 7.76. The van der Waals surface area contributed by atoms with Gasteiger partial charge in [-0.2, -0.15) is 0 Å². The lowest BCUT2D eigenvalue weighted by Gasteiger charge is -2.07. The van der Waals surface area contributed by atoms with Crippen molar-refractivity contribution in [2.75, 3.05) is 19.0 Å². The molecule has 1 heterocycles. The van der Waals surface area contributed by atoms with Crippen molar-refractivity contribution >= 4 is 23.0 Å².